The van der Waals surface area contributed by atoms with E-state index >= 15 is 0 Å². The minimum absolute atomic E-state index is 0.00850. The summed E-state index contributed by atoms with van der Waals surface area (Å²) in [5, 5.41) is 3.71. The van der Waals surface area contributed by atoms with Crippen LogP contribution in [0.2, 0.25) is 0 Å². The van der Waals surface area contributed by atoms with E-state index in [1.165, 1.54) is 32.1 Å². The van der Waals surface area contributed by atoms with Gasteiger partial charge in [-0.2, -0.15) is 0 Å². The van der Waals surface area contributed by atoms with Crippen LogP contribution < -0.4 is 5.32 Å². The standard InChI is InChI=1S/C18H36N2O/c1-16(2)13-14(17(3,4)21-16)15(19-5)18(20(6)7)11-9-8-10-12-18/h14-15,19H,8-13H2,1-7H3. The molecule has 1 saturated carbocycles. The molecule has 2 atom stereocenters. The van der Waals surface area contributed by atoms with Gasteiger partial charge in [0.05, 0.1) is 11.2 Å². The van der Waals surface area contributed by atoms with Gasteiger partial charge in [-0.25, -0.2) is 0 Å². The van der Waals surface area contributed by atoms with E-state index in [0.29, 0.717) is 12.0 Å². The summed E-state index contributed by atoms with van der Waals surface area (Å²) in [7, 11) is 6.68. The average molecular weight is 296 g/mol. The van der Waals surface area contributed by atoms with Crippen molar-refractivity contribution in [2.45, 2.75) is 89.0 Å². The fraction of sp³-hybridized carbons (Fsp3) is 1.00. The third-order valence-electron chi connectivity index (χ3n) is 6.05. The lowest BCUT2D eigenvalue weighted by molar-refractivity contribution is -0.0864. The minimum Gasteiger partial charge on any atom is -0.369 e. The molecule has 1 saturated heterocycles. The first-order valence-corrected chi connectivity index (χ1v) is 8.69. The Bertz CT molecular complexity index is 356. The lowest BCUT2D eigenvalue weighted by Crippen LogP contribution is -2.64. The molecule has 0 bridgehead atoms. The van der Waals surface area contributed by atoms with Crippen molar-refractivity contribution in [1.82, 2.24) is 10.2 Å². The number of hydrogen-bond donors (Lipinski definition) is 1. The molecule has 1 heterocycles. The summed E-state index contributed by atoms with van der Waals surface area (Å²) < 4.78 is 6.39. The Morgan fingerprint density at radius 3 is 2.00 bits per heavy atom. The fourth-order valence-corrected chi connectivity index (χ4v) is 5.17. The summed E-state index contributed by atoms with van der Waals surface area (Å²) in [4.78, 5) is 2.49. The quantitative estimate of drug-likeness (QED) is 0.860. The number of likely N-dealkylation sites (N-methyl/N-ethyl adjacent to an activating group) is 2. The first kappa shape index (κ1) is 17.2. The fourth-order valence-electron chi connectivity index (χ4n) is 5.17. The highest BCUT2D eigenvalue weighted by molar-refractivity contribution is 5.09. The molecule has 3 nitrogen and oxygen atoms in total. The number of rotatable bonds is 4. The van der Waals surface area contributed by atoms with Crippen molar-refractivity contribution in [2.24, 2.45) is 5.92 Å². The van der Waals surface area contributed by atoms with E-state index in [1.54, 1.807) is 0 Å². The van der Waals surface area contributed by atoms with E-state index < -0.39 is 0 Å². The lowest BCUT2D eigenvalue weighted by Gasteiger charge is -2.52. The van der Waals surface area contributed by atoms with Gasteiger partial charge in [0.2, 0.25) is 0 Å². The monoisotopic (exact) mass is 296 g/mol. The summed E-state index contributed by atoms with van der Waals surface area (Å²) >= 11 is 0. The van der Waals surface area contributed by atoms with Crippen LogP contribution in [0.25, 0.3) is 0 Å². The molecule has 1 N–H and O–H groups in total. The maximum absolute atomic E-state index is 6.39. The molecule has 2 rings (SSSR count). The first-order valence-electron chi connectivity index (χ1n) is 8.69. The third kappa shape index (κ3) is 3.16. The van der Waals surface area contributed by atoms with Crippen molar-refractivity contribution in [1.29, 1.82) is 0 Å². The molecule has 0 aromatic carbocycles. The van der Waals surface area contributed by atoms with Crippen molar-refractivity contribution in [3.05, 3.63) is 0 Å². The zero-order valence-corrected chi connectivity index (χ0v) is 15.3. The van der Waals surface area contributed by atoms with E-state index in [2.05, 4.69) is 59.1 Å². The Kier molecular flexibility index (Phi) is 4.78. The van der Waals surface area contributed by atoms with Gasteiger partial charge < -0.3 is 15.0 Å². The number of nitrogens with zero attached hydrogens (tertiary/aromatic N) is 1. The Hall–Kier alpha value is -0.120. The molecule has 124 valence electrons. The molecule has 0 aromatic rings. The van der Waals surface area contributed by atoms with Gasteiger partial charge in [0.15, 0.2) is 0 Å². The van der Waals surface area contributed by atoms with Crippen molar-refractivity contribution < 1.29 is 4.74 Å². The lowest BCUT2D eigenvalue weighted by atomic mass is 9.67. The molecule has 3 heteroatoms. The molecule has 0 spiro atoms. The molecule has 1 aliphatic carbocycles. The van der Waals surface area contributed by atoms with Gasteiger partial charge in [-0.3, -0.25) is 0 Å². The van der Waals surface area contributed by atoms with E-state index in [9.17, 15) is 0 Å². The van der Waals surface area contributed by atoms with Gasteiger partial charge in [-0.15, -0.1) is 0 Å². The van der Waals surface area contributed by atoms with E-state index in [0.717, 1.165) is 6.42 Å². The topological polar surface area (TPSA) is 24.5 Å². The molecule has 2 unspecified atom stereocenters. The number of hydrogen-bond acceptors (Lipinski definition) is 3. The highest BCUT2D eigenvalue weighted by Gasteiger charge is 2.54. The zero-order chi connectivity index (χ0) is 15.9. The van der Waals surface area contributed by atoms with Gasteiger partial charge in [-0.05, 0) is 68.1 Å². The maximum Gasteiger partial charge on any atom is 0.0678 e. The smallest absolute Gasteiger partial charge is 0.0678 e. The van der Waals surface area contributed by atoms with E-state index in [-0.39, 0.29) is 16.7 Å². The molecule has 1 aliphatic heterocycles. The Morgan fingerprint density at radius 2 is 1.62 bits per heavy atom. The number of ether oxygens (including phenoxy) is 1. The van der Waals surface area contributed by atoms with E-state index in [1.807, 2.05) is 0 Å². The van der Waals surface area contributed by atoms with Crippen LogP contribution in [0.3, 0.4) is 0 Å². The SMILES string of the molecule is CNC(C1CC(C)(C)OC1(C)C)C1(N(C)C)CCCCC1. The Labute approximate surface area is 131 Å². The second-order valence-corrected chi connectivity index (χ2v) is 8.60. The molecular weight excluding hydrogens is 260 g/mol. The largest absolute Gasteiger partial charge is 0.369 e. The summed E-state index contributed by atoms with van der Waals surface area (Å²) in [5.41, 5.74) is 0.210. The van der Waals surface area contributed by atoms with Crippen LogP contribution in [-0.4, -0.2) is 48.8 Å². The van der Waals surface area contributed by atoms with Gasteiger partial charge in [0, 0.05) is 17.5 Å². The van der Waals surface area contributed by atoms with Crippen molar-refractivity contribution >= 4 is 0 Å². The predicted molar refractivity (Wildman–Crippen MR) is 89.7 cm³/mol. The first-order chi connectivity index (χ1) is 9.65. The molecule has 0 aromatic heterocycles. The second-order valence-electron chi connectivity index (χ2n) is 8.60. The van der Waals surface area contributed by atoms with Crippen LogP contribution in [0, 0.1) is 5.92 Å². The molecule has 2 fully saturated rings. The minimum atomic E-state index is -0.0579. The van der Waals surface area contributed by atoms with Gasteiger partial charge >= 0.3 is 0 Å². The van der Waals surface area contributed by atoms with Gasteiger partial charge in [0.25, 0.3) is 0 Å². The van der Waals surface area contributed by atoms with Gasteiger partial charge in [-0.1, -0.05) is 19.3 Å². The summed E-state index contributed by atoms with van der Waals surface area (Å²) in [6.07, 6.45) is 7.85. The van der Waals surface area contributed by atoms with E-state index in [4.69, 9.17) is 4.74 Å². The van der Waals surface area contributed by atoms with Crippen LogP contribution in [0.4, 0.5) is 0 Å². The Morgan fingerprint density at radius 1 is 1.05 bits per heavy atom. The number of nitrogens with one attached hydrogen (secondary N) is 1. The molecule has 0 radical (unpaired) electrons. The third-order valence-corrected chi connectivity index (χ3v) is 6.05. The Balaban J connectivity index is 2.33. The summed E-state index contributed by atoms with van der Waals surface area (Å²) in [5.74, 6) is 0.554. The zero-order valence-electron chi connectivity index (χ0n) is 15.3. The maximum atomic E-state index is 6.39. The average Bonchev–Trinajstić information content (AvgIpc) is 2.59. The van der Waals surface area contributed by atoms with Crippen LogP contribution in [0.1, 0.15) is 66.2 Å². The molecule has 0 amide bonds. The highest BCUT2D eigenvalue weighted by Crippen LogP contribution is 2.48. The summed E-state index contributed by atoms with van der Waals surface area (Å²) in [6.45, 7) is 9.04. The van der Waals surface area contributed by atoms with Crippen LogP contribution in [0.5, 0.6) is 0 Å². The van der Waals surface area contributed by atoms with Crippen molar-refractivity contribution in [3.8, 4) is 0 Å². The van der Waals surface area contributed by atoms with Crippen LogP contribution in [0.15, 0.2) is 0 Å². The summed E-state index contributed by atoms with van der Waals surface area (Å²) in [6, 6.07) is 0.490. The predicted octanol–water partition coefficient (Wildman–Crippen LogP) is 3.43. The molecule has 2 aliphatic rings. The second kappa shape index (κ2) is 5.82. The molecule has 21 heavy (non-hydrogen) atoms. The normalized spacial score (nSPS) is 32.3. The van der Waals surface area contributed by atoms with Crippen LogP contribution >= 0.6 is 0 Å². The highest BCUT2D eigenvalue weighted by atomic mass is 16.5. The molecular formula is C18H36N2O. The van der Waals surface area contributed by atoms with Crippen LogP contribution in [-0.2, 0) is 4.74 Å². The van der Waals surface area contributed by atoms with Gasteiger partial charge in [0.1, 0.15) is 0 Å². The van der Waals surface area contributed by atoms with Crippen molar-refractivity contribution in [2.75, 3.05) is 21.1 Å². The van der Waals surface area contributed by atoms with Crippen molar-refractivity contribution in [3.63, 3.8) is 0 Å².